The Balaban J connectivity index is 1.82. The Bertz CT molecular complexity index is 487. The number of ether oxygens (including phenoxy) is 3. The van der Waals surface area contributed by atoms with Gasteiger partial charge in [-0.15, -0.1) is 0 Å². The van der Waals surface area contributed by atoms with Crippen LogP contribution in [0.25, 0.3) is 0 Å². The zero-order valence-corrected chi connectivity index (χ0v) is 23.3. The summed E-state index contributed by atoms with van der Waals surface area (Å²) in [5, 5.41) is 10.2. The predicted molar refractivity (Wildman–Crippen MR) is 149 cm³/mol. The topological polar surface area (TPSA) is 47.9 Å². The highest BCUT2D eigenvalue weighted by Gasteiger charge is 2.42. The van der Waals surface area contributed by atoms with Crippen LogP contribution in [0.4, 0.5) is 0 Å². The molecule has 0 aromatic rings. The maximum Gasteiger partial charge on any atom is 0.120 e. The molecule has 1 aliphatic heterocycles. The van der Waals surface area contributed by atoms with E-state index in [0.717, 1.165) is 6.42 Å². The molecule has 1 aliphatic rings. The fourth-order valence-corrected chi connectivity index (χ4v) is 4.91. The van der Waals surface area contributed by atoms with Crippen LogP contribution in [0.3, 0.4) is 0 Å². The van der Waals surface area contributed by atoms with Crippen molar-refractivity contribution >= 4 is 7.85 Å². The Morgan fingerprint density at radius 3 is 1.54 bits per heavy atom. The minimum absolute atomic E-state index is 0.310. The van der Waals surface area contributed by atoms with Gasteiger partial charge >= 0.3 is 0 Å². The molecule has 0 aromatic carbocycles. The maximum atomic E-state index is 10.2. The van der Waals surface area contributed by atoms with E-state index in [0.29, 0.717) is 19.0 Å². The van der Waals surface area contributed by atoms with Crippen LogP contribution >= 0.6 is 0 Å². The van der Waals surface area contributed by atoms with Gasteiger partial charge in [-0.2, -0.15) is 0 Å². The molecule has 0 spiro atoms. The van der Waals surface area contributed by atoms with Gasteiger partial charge in [0, 0.05) is 12.6 Å². The lowest BCUT2D eigenvalue weighted by molar-refractivity contribution is -0.0582. The van der Waals surface area contributed by atoms with E-state index in [9.17, 15) is 5.11 Å². The van der Waals surface area contributed by atoms with Crippen LogP contribution in [0.15, 0.2) is 12.3 Å². The number of hydrogen-bond acceptors (Lipinski definition) is 4. The van der Waals surface area contributed by atoms with Crippen molar-refractivity contribution in [2.45, 2.75) is 167 Å². The summed E-state index contributed by atoms with van der Waals surface area (Å²) in [5.41, 5.74) is 0. The number of aliphatic hydroxyl groups excluding tert-OH is 1. The third kappa shape index (κ3) is 17.6. The van der Waals surface area contributed by atoms with Gasteiger partial charge in [-0.3, -0.25) is 0 Å². The van der Waals surface area contributed by atoms with Gasteiger partial charge in [-0.05, 0) is 13.3 Å². The normalized spacial score (nSPS) is 22.0. The highest BCUT2D eigenvalue weighted by molar-refractivity contribution is 6.11. The van der Waals surface area contributed by atoms with Gasteiger partial charge in [-0.1, -0.05) is 135 Å². The van der Waals surface area contributed by atoms with Gasteiger partial charge in [0.05, 0.1) is 5.76 Å². The van der Waals surface area contributed by atoms with Crippen LogP contribution in [0.5, 0.6) is 0 Å². The quantitative estimate of drug-likeness (QED) is 0.0797. The molecule has 0 amide bonds. The Morgan fingerprint density at radius 2 is 1.14 bits per heavy atom. The molecule has 35 heavy (non-hydrogen) atoms. The Morgan fingerprint density at radius 1 is 0.743 bits per heavy atom. The van der Waals surface area contributed by atoms with E-state index < -0.39 is 18.2 Å². The van der Waals surface area contributed by atoms with Crippen molar-refractivity contribution in [3.8, 4) is 0 Å². The molecular weight excluding hydrogens is 435 g/mol. The number of aliphatic hydroxyl groups is 1. The maximum absolute atomic E-state index is 10.2. The molecule has 1 fully saturated rings. The first-order valence-electron chi connectivity index (χ1n) is 15.0. The molecule has 2 radical (unpaired) electrons. The van der Waals surface area contributed by atoms with E-state index >= 15 is 0 Å². The van der Waals surface area contributed by atoms with Crippen molar-refractivity contribution < 1.29 is 19.3 Å². The van der Waals surface area contributed by atoms with Gasteiger partial charge in [0.15, 0.2) is 0 Å². The molecule has 0 saturated carbocycles. The first-order valence-corrected chi connectivity index (χ1v) is 15.0. The van der Waals surface area contributed by atoms with Gasteiger partial charge in [0.1, 0.15) is 32.8 Å². The molecule has 4 atom stereocenters. The Kier molecular flexibility index (Phi) is 21.1. The number of hydrogen-bond donors (Lipinski definition) is 1. The summed E-state index contributed by atoms with van der Waals surface area (Å²) < 4.78 is 16.9. The van der Waals surface area contributed by atoms with E-state index in [1.165, 1.54) is 122 Å². The molecule has 1 saturated heterocycles. The molecule has 2 unspecified atom stereocenters. The fourth-order valence-electron chi connectivity index (χ4n) is 4.91. The first-order chi connectivity index (χ1) is 17.1. The second-order valence-corrected chi connectivity index (χ2v) is 10.7. The van der Waals surface area contributed by atoms with Gasteiger partial charge in [0.25, 0.3) is 0 Å². The summed E-state index contributed by atoms with van der Waals surface area (Å²) in [6.45, 7) is 8.74. The van der Waals surface area contributed by atoms with E-state index in [-0.39, 0.29) is 6.10 Å². The summed E-state index contributed by atoms with van der Waals surface area (Å²) in [7, 11) is 5.82. The molecule has 0 aromatic heterocycles. The van der Waals surface area contributed by atoms with Gasteiger partial charge in [0.2, 0.25) is 0 Å². The first kappa shape index (κ1) is 32.5. The number of unbranched alkanes of at least 4 members (excludes halogenated alkanes) is 19. The molecule has 4 nitrogen and oxygen atoms in total. The monoisotopic (exact) mass is 492 g/mol. The van der Waals surface area contributed by atoms with Crippen molar-refractivity contribution in [3.63, 3.8) is 0 Å². The van der Waals surface area contributed by atoms with Crippen LogP contribution < -0.4 is 0 Å². The lowest BCUT2D eigenvalue weighted by atomic mass is 9.93. The highest BCUT2D eigenvalue weighted by atomic mass is 16.6. The van der Waals surface area contributed by atoms with Crippen LogP contribution in [0.1, 0.15) is 142 Å². The van der Waals surface area contributed by atoms with E-state index in [4.69, 9.17) is 22.1 Å². The standard InChI is InChI=1S/C30H57BO4/c1-4-5-6-7-8-9-10-11-12-13-14-15-16-17-18-19-20-21-22-23-24-33-29-27(25-34-26(2)3)35-30(31)28(29)32/h27-30,32H,2,4-25H2,1,3H3/t27-,28?,29?,30-/m1/s1. The molecule has 204 valence electrons. The van der Waals surface area contributed by atoms with Crippen molar-refractivity contribution in [2.75, 3.05) is 13.2 Å². The molecule has 5 heteroatoms. The lowest BCUT2D eigenvalue weighted by Crippen LogP contribution is -2.37. The molecule has 1 rings (SSSR count). The highest BCUT2D eigenvalue weighted by Crippen LogP contribution is 2.24. The fraction of sp³-hybridized carbons (Fsp3) is 0.933. The van der Waals surface area contributed by atoms with E-state index in [2.05, 4.69) is 13.5 Å². The molecular formula is C30H57BO4. The Labute approximate surface area is 219 Å². The third-order valence-corrected chi connectivity index (χ3v) is 7.17. The van der Waals surface area contributed by atoms with Gasteiger partial charge in [-0.25, -0.2) is 0 Å². The average molecular weight is 493 g/mol. The lowest BCUT2D eigenvalue weighted by Gasteiger charge is -2.21. The average Bonchev–Trinajstić information content (AvgIpc) is 3.11. The van der Waals surface area contributed by atoms with Crippen LogP contribution in [0.2, 0.25) is 0 Å². The van der Waals surface area contributed by atoms with E-state index in [1.54, 1.807) is 6.92 Å². The Hall–Kier alpha value is -0.515. The number of rotatable bonds is 25. The predicted octanol–water partition coefficient (Wildman–Crippen LogP) is 8.00. The van der Waals surface area contributed by atoms with E-state index in [1.807, 2.05) is 0 Å². The smallest absolute Gasteiger partial charge is 0.120 e. The minimum Gasteiger partial charge on any atom is -0.496 e. The summed E-state index contributed by atoms with van der Waals surface area (Å²) in [5.74, 6) is 0.622. The van der Waals surface area contributed by atoms with Crippen LogP contribution in [-0.4, -0.2) is 50.5 Å². The van der Waals surface area contributed by atoms with Crippen molar-refractivity contribution in [1.29, 1.82) is 0 Å². The van der Waals surface area contributed by atoms with Crippen molar-refractivity contribution in [3.05, 3.63) is 12.3 Å². The minimum atomic E-state index is -0.807. The molecule has 0 aliphatic carbocycles. The van der Waals surface area contributed by atoms with Crippen LogP contribution in [-0.2, 0) is 14.2 Å². The van der Waals surface area contributed by atoms with Crippen molar-refractivity contribution in [1.82, 2.24) is 0 Å². The number of allylic oxidation sites excluding steroid dienone is 1. The second-order valence-electron chi connectivity index (χ2n) is 10.7. The van der Waals surface area contributed by atoms with Crippen molar-refractivity contribution in [2.24, 2.45) is 0 Å². The third-order valence-electron chi connectivity index (χ3n) is 7.17. The van der Waals surface area contributed by atoms with Crippen LogP contribution in [0, 0.1) is 0 Å². The SMILES string of the molecule is [B][C@@H]1O[C@H](COC(=C)C)C(OCCCCCCCCCCCCCCCCCCCCCC)C1O. The zero-order valence-electron chi connectivity index (χ0n) is 23.3. The van der Waals surface area contributed by atoms with Gasteiger partial charge < -0.3 is 19.3 Å². The molecule has 0 bridgehead atoms. The second kappa shape index (κ2) is 22.7. The summed E-state index contributed by atoms with van der Waals surface area (Å²) in [4.78, 5) is 0. The summed E-state index contributed by atoms with van der Waals surface area (Å²) in [6, 6.07) is -0.714. The largest absolute Gasteiger partial charge is 0.496 e. The molecule has 1 heterocycles. The summed E-state index contributed by atoms with van der Waals surface area (Å²) >= 11 is 0. The zero-order chi connectivity index (χ0) is 25.6. The molecule has 1 N–H and O–H groups in total. The summed E-state index contributed by atoms with van der Waals surface area (Å²) in [6.07, 6.45) is 25.9.